The van der Waals surface area contributed by atoms with Gasteiger partial charge in [-0.3, -0.25) is 9.59 Å². The van der Waals surface area contributed by atoms with E-state index in [4.69, 9.17) is 16.3 Å². The largest absolute Gasteiger partial charge is 0.497 e. The highest BCUT2D eigenvalue weighted by Crippen LogP contribution is 2.21. The third kappa shape index (κ3) is 6.23. The summed E-state index contributed by atoms with van der Waals surface area (Å²) in [4.78, 5) is 29.3. The van der Waals surface area contributed by atoms with Crippen molar-refractivity contribution in [3.63, 3.8) is 0 Å². The van der Waals surface area contributed by atoms with Crippen molar-refractivity contribution >= 4 is 46.7 Å². The minimum absolute atomic E-state index is 0.166. The first-order valence-electron chi connectivity index (χ1n) is 8.63. The third-order valence-corrected chi connectivity index (χ3v) is 5.04. The summed E-state index contributed by atoms with van der Waals surface area (Å²) in [5.41, 5.74) is 1.17. The van der Waals surface area contributed by atoms with Crippen LogP contribution in [0.3, 0.4) is 0 Å². The molecule has 3 rings (SSSR count). The number of hydrogen-bond donors (Lipinski definition) is 2. The van der Waals surface area contributed by atoms with Crippen molar-refractivity contribution in [2.75, 3.05) is 23.5 Å². The first-order valence-corrected chi connectivity index (χ1v) is 9.99. The predicted octanol–water partition coefficient (Wildman–Crippen LogP) is 4.73. The molecule has 0 saturated carbocycles. The fourth-order valence-electron chi connectivity index (χ4n) is 2.38. The summed E-state index contributed by atoms with van der Waals surface area (Å²) in [6, 6.07) is 17.5. The zero-order valence-corrected chi connectivity index (χ0v) is 17.1. The fourth-order valence-corrected chi connectivity index (χ4v) is 3.19. The van der Waals surface area contributed by atoms with Crippen molar-refractivity contribution in [1.29, 1.82) is 0 Å². The number of hydrogen-bond acceptors (Lipinski definition) is 5. The summed E-state index contributed by atoms with van der Waals surface area (Å²) in [7, 11) is 1.56. The van der Waals surface area contributed by atoms with E-state index in [2.05, 4.69) is 15.6 Å². The van der Waals surface area contributed by atoms with E-state index in [0.717, 1.165) is 4.90 Å². The lowest BCUT2D eigenvalue weighted by atomic mass is 10.2. The summed E-state index contributed by atoms with van der Waals surface area (Å²) in [5, 5.41) is 6.05. The Balaban J connectivity index is 1.51. The van der Waals surface area contributed by atoms with Gasteiger partial charge in [-0.25, -0.2) is 4.98 Å². The number of aromatic nitrogens is 1. The van der Waals surface area contributed by atoms with Crippen LogP contribution in [0.15, 0.2) is 71.8 Å². The average molecular weight is 428 g/mol. The van der Waals surface area contributed by atoms with E-state index in [0.29, 0.717) is 27.8 Å². The normalized spacial score (nSPS) is 10.3. The Labute approximate surface area is 177 Å². The van der Waals surface area contributed by atoms with Gasteiger partial charge in [-0.2, -0.15) is 0 Å². The van der Waals surface area contributed by atoms with Crippen LogP contribution in [0.5, 0.6) is 5.75 Å². The molecule has 0 bridgehead atoms. The molecular weight excluding hydrogens is 410 g/mol. The Kier molecular flexibility index (Phi) is 7.10. The van der Waals surface area contributed by atoms with Crippen LogP contribution in [0.2, 0.25) is 5.02 Å². The van der Waals surface area contributed by atoms with E-state index in [1.807, 2.05) is 12.1 Å². The van der Waals surface area contributed by atoms with E-state index in [1.165, 1.54) is 18.0 Å². The van der Waals surface area contributed by atoms with Gasteiger partial charge in [0.05, 0.1) is 17.9 Å². The van der Waals surface area contributed by atoms with Crippen molar-refractivity contribution in [3.05, 3.63) is 77.4 Å². The molecule has 0 fully saturated rings. The van der Waals surface area contributed by atoms with Gasteiger partial charge in [-0.1, -0.05) is 17.7 Å². The molecule has 8 heteroatoms. The first kappa shape index (κ1) is 20.7. The quantitative estimate of drug-likeness (QED) is 0.533. The second-order valence-electron chi connectivity index (χ2n) is 5.91. The molecule has 0 unspecified atom stereocenters. The van der Waals surface area contributed by atoms with E-state index >= 15 is 0 Å². The molecule has 2 aromatic carbocycles. The summed E-state index contributed by atoms with van der Waals surface area (Å²) >= 11 is 7.16. The molecule has 148 valence electrons. The number of nitrogens with zero attached hydrogens (tertiary/aromatic N) is 1. The summed E-state index contributed by atoms with van der Waals surface area (Å²) in [6.07, 6.45) is 1.48. The number of rotatable bonds is 7. The van der Waals surface area contributed by atoms with Gasteiger partial charge in [-0.05, 0) is 54.6 Å². The summed E-state index contributed by atoms with van der Waals surface area (Å²) in [5.74, 6) is 0.922. The lowest BCUT2D eigenvalue weighted by Gasteiger charge is -2.08. The Morgan fingerprint density at radius 1 is 1.07 bits per heavy atom. The molecule has 0 saturated heterocycles. The third-order valence-electron chi connectivity index (χ3n) is 3.81. The van der Waals surface area contributed by atoms with Crippen LogP contribution >= 0.6 is 23.4 Å². The Morgan fingerprint density at radius 3 is 2.55 bits per heavy atom. The smallest absolute Gasteiger partial charge is 0.255 e. The van der Waals surface area contributed by atoms with Gasteiger partial charge >= 0.3 is 0 Å². The number of carbonyl (C=O) groups excluding carboxylic acids is 2. The Hall–Kier alpha value is -3.03. The number of anilines is 2. The lowest BCUT2D eigenvalue weighted by Crippen LogP contribution is -2.14. The SMILES string of the molecule is COc1cccc(C(=O)Nc2ccc(SCC(=O)Nc3ccc(Cl)cn3)cc2)c1. The van der Waals surface area contributed by atoms with Crippen LogP contribution in [0.1, 0.15) is 10.4 Å². The lowest BCUT2D eigenvalue weighted by molar-refractivity contribution is -0.113. The number of thioether (sulfide) groups is 1. The van der Waals surface area contributed by atoms with E-state index in [9.17, 15) is 9.59 Å². The molecule has 0 radical (unpaired) electrons. The van der Waals surface area contributed by atoms with E-state index in [-0.39, 0.29) is 17.6 Å². The molecule has 0 spiro atoms. The predicted molar refractivity (Wildman–Crippen MR) is 116 cm³/mol. The molecule has 6 nitrogen and oxygen atoms in total. The van der Waals surface area contributed by atoms with Crippen LogP contribution in [0.25, 0.3) is 0 Å². The van der Waals surface area contributed by atoms with Gasteiger partial charge in [0.15, 0.2) is 0 Å². The number of benzene rings is 2. The number of methoxy groups -OCH3 is 1. The van der Waals surface area contributed by atoms with Crippen molar-refractivity contribution in [2.45, 2.75) is 4.90 Å². The van der Waals surface area contributed by atoms with Crippen LogP contribution in [0, 0.1) is 0 Å². The molecular formula is C21H18ClN3O3S. The second-order valence-corrected chi connectivity index (χ2v) is 7.39. The molecule has 0 aliphatic carbocycles. The average Bonchev–Trinajstić information content (AvgIpc) is 2.75. The monoisotopic (exact) mass is 427 g/mol. The molecule has 2 N–H and O–H groups in total. The zero-order chi connectivity index (χ0) is 20.6. The molecule has 0 atom stereocenters. The minimum Gasteiger partial charge on any atom is -0.497 e. The maximum absolute atomic E-state index is 12.3. The second kappa shape index (κ2) is 9.95. The van der Waals surface area contributed by atoms with Gasteiger partial charge in [-0.15, -0.1) is 11.8 Å². The zero-order valence-electron chi connectivity index (χ0n) is 15.5. The van der Waals surface area contributed by atoms with Crippen LogP contribution in [-0.2, 0) is 4.79 Å². The van der Waals surface area contributed by atoms with Crippen molar-refractivity contribution in [3.8, 4) is 5.75 Å². The van der Waals surface area contributed by atoms with E-state index < -0.39 is 0 Å². The van der Waals surface area contributed by atoms with Gasteiger partial charge in [0.2, 0.25) is 5.91 Å². The van der Waals surface area contributed by atoms with Crippen molar-refractivity contribution in [2.24, 2.45) is 0 Å². The molecule has 0 aliphatic rings. The maximum atomic E-state index is 12.3. The highest BCUT2D eigenvalue weighted by Gasteiger charge is 2.08. The van der Waals surface area contributed by atoms with Gasteiger partial charge in [0.1, 0.15) is 11.6 Å². The van der Waals surface area contributed by atoms with Crippen LogP contribution in [-0.4, -0.2) is 29.7 Å². The van der Waals surface area contributed by atoms with Crippen molar-refractivity contribution < 1.29 is 14.3 Å². The molecule has 3 aromatic rings. The maximum Gasteiger partial charge on any atom is 0.255 e. The molecule has 1 heterocycles. The Bertz CT molecular complexity index is 995. The molecule has 0 aliphatic heterocycles. The van der Waals surface area contributed by atoms with Crippen LogP contribution in [0.4, 0.5) is 11.5 Å². The topological polar surface area (TPSA) is 80.3 Å². The molecule has 2 amide bonds. The van der Waals surface area contributed by atoms with E-state index in [1.54, 1.807) is 55.6 Å². The summed E-state index contributed by atoms with van der Waals surface area (Å²) in [6.45, 7) is 0. The number of nitrogens with one attached hydrogen (secondary N) is 2. The summed E-state index contributed by atoms with van der Waals surface area (Å²) < 4.78 is 5.13. The van der Waals surface area contributed by atoms with Gasteiger partial charge < -0.3 is 15.4 Å². The highest BCUT2D eigenvalue weighted by atomic mass is 35.5. The van der Waals surface area contributed by atoms with Crippen molar-refractivity contribution in [1.82, 2.24) is 4.98 Å². The number of ether oxygens (including phenoxy) is 1. The number of pyridine rings is 1. The van der Waals surface area contributed by atoms with Gasteiger partial charge in [0.25, 0.3) is 5.91 Å². The molecule has 29 heavy (non-hydrogen) atoms. The fraction of sp³-hybridized carbons (Fsp3) is 0.0952. The Morgan fingerprint density at radius 2 is 1.86 bits per heavy atom. The number of halogens is 1. The standard InChI is InChI=1S/C21H18ClN3O3S/c1-28-17-4-2-3-14(11-17)21(27)24-16-6-8-18(9-7-16)29-13-20(26)25-19-10-5-15(22)12-23-19/h2-12H,13H2,1H3,(H,24,27)(H,23,25,26). The number of carbonyl (C=O) groups is 2. The van der Waals surface area contributed by atoms with Gasteiger partial charge in [0, 0.05) is 22.3 Å². The first-order chi connectivity index (χ1) is 14.0. The highest BCUT2D eigenvalue weighted by molar-refractivity contribution is 8.00. The van der Waals surface area contributed by atoms with Crippen LogP contribution < -0.4 is 15.4 Å². The minimum atomic E-state index is -0.223. The molecule has 1 aromatic heterocycles. The number of amides is 2.